The minimum Gasteiger partial charge on any atom is -0.355 e. The van der Waals surface area contributed by atoms with E-state index in [0.29, 0.717) is 5.41 Å². The van der Waals surface area contributed by atoms with Crippen molar-refractivity contribution in [2.45, 2.75) is 27.2 Å². The van der Waals surface area contributed by atoms with Gasteiger partial charge in [-0.3, -0.25) is 4.99 Å². The van der Waals surface area contributed by atoms with Gasteiger partial charge in [0.25, 0.3) is 0 Å². The highest BCUT2D eigenvalue weighted by atomic mass is 15.3. The van der Waals surface area contributed by atoms with Crippen LogP contribution in [0.25, 0.3) is 0 Å². The van der Waals surface area contributed by atoms with Gasteiger partial charge in [0, 0.05) is 33.2 Å². The standard InChI is InChI=1S/C13H28N4/c1-6-16(5)10-8-15-12(14-4)17-9-7-13(2,3)11-17/h6-11H2,1-5H3,(H,14,15). The number of hydrogen-bond donors (Lipinski definition) is 1. The first-order chi connectivity index (χ1) is 7.98. The van der Waals surface area contributed by atoms with E-state index in [-0.39, 0.29) is 0 Å². The highest BCUT2D eigenvalue weighted by Gasteiger charge is 2.30. The van der Waals surface area contributed by atoms with Gasteiger partial charge in [-0.2, -0.15) is 0 Å². The van der Waals surface area contributed by atoms with E-state index >= 15 is 0 Å². The maximum atomic E-state index is 4.37. The molecule has 1 saturated heterocycles. The van der Waals surface area contributed by atoms with E-state index in [9.17, 15) is 0 Å². The smallest absolute Gasteiger partial charge is 0.193 e. The molecule has 100 valence electrons. The van der Waals surface area contributed by atoms with Crippen LogP contribution in [0.15, 0.2) is 4.99 Å². The molecule has 0 saturated carbocycles. The first-order valence-electron chi connectivity index (χ1n) is 6.62. The summed E-state index contributed by atoms with van der Waals surface area (Å²) in [6.07, 6.45) is 1.25. The lowest BCUT2D eigenvalue weighted by Crippen LogP contribution is -2.43. The zero-order valence-electron chi connectivity index (χ0n) is 12.1. The molecule has 4 nitrogen and oxygen atoms in total. The van der Waals surface area contributed by atoms with Gasteiger partial charge in [0.15, 0.2) is 5.96 Å². The quantitative estimate of drug-likeness (QED) is 0.592. The number of hydrogen-bond acceptors (Lipinski definition) is 2. The highest BCUT2D eigenvalue weighted by Crippen LogP contribution is 2.28. The van der Waals surface area contributed by atoms with Crippen molar-refractivity contribution in [1.82, 2.24) is 15.1 Å². The average Bonchev–Trinajstić information content (AvgIpc) is 2.64. The second-order valence-corrected chi connectivity index (χ2v) is 5.71. The molecule has 0 unspecified atom stereocenters. The fourth-order valence-electron chi connectivity index (χ4n) is 2.14. The molecule has 1 aliphatic rings. The zero-order valence-corrected chi connectivity index (χ0v) is 12.1. The van der Waals surface area contributed by atoms with Crippen molar-refractivity contribution in [3.05, 3.63) is 0 Å². The number of nitrogens with one attached hydrogen (secondary N) is 1. The van der Waals surface area contributed by atoms with Crippen molar-refractivity contribution in [2.24, 2.45) is 10.4 Å². The molecule has 0 spiro atoms. The average molecular weight is 240 g/mol. The van der Waals surface area contributed by atoms with Crippen molar-refractivity contribution in [2.75, 3.05) is 46.8 Å². The van der Waals surface area contributed by atoms with Crippen LogP contribution in [0.2, 0.25) is 0 Å². The van der Waals surface area contributed by atoms with E-state index in [1.807, 2.05) is 7.05 Å². The number of aliphatic imine (C=N–C) groups is 1. The van der Waals surface area contributed by atoms with Gasteiger partial charge in [0.2, 0.25) is 0 Å². The monoisotopic (exact) mass is 240 g/mol. The van der Waals surface area contributed by atoms with Crippen molar-refractivity contribution >= 4 is 5.96 Å². The second kappa shape index (κ2) is 6.24. The van der Waals surface area contributed by atoms with Crippen LogP contribution < -0.4 is 5.32 Å². The number of rotatable bonds is 4. The van der Waals surface area contributed by atoms with Crippen molar-refractivity contribution in [3.8, 4) is 0 Å². The van der Waals surface area contributed by atoms with Crippen molar-refractivity contribution < 1.29 is 0 Å². The fourth-order valence-corrected chi connectivity index (χ4v) is 2.14. The predicted molar refractivity (Wildman–Crippen MR) is 74.5 cm³/mol. The van der Waals surface area contributed by atoms with E-state index in [0.717, 1.165) is 38.7 Å². The lowest BCUT2D eigenvalue weighted by Gasteiger charge is -2.24. The lowest BCUT2D eigenvalue weighted by molar-refractivity contribution is 0.348. The molecule has 0 aromatic rings. The molecule has 17 heavy (non-hydrogen) atoms. The molecule has 1 heterocycles. The molecule has 0 aromatic heterocycles. The number of likely N-dealkylation sites (tertiary alicyclic amines) is 1. The summed E-state index contributed by atoms with van der Waals surface area (Å²) in [4.78, 5) is 9.04. The van der Waals surface area contributed by atoms with E-state index in [4.69, 9.17) is 0 Å². The fraction of sp³-hybridized carbons (Fsp3) is 0.923. The van der Waals surface area contributed by atoms with Gasteiger partial charge in [0.1, 0.15) is 0 Å². The third kappa shape index (κ3) is 4.54. The predicted octanol–water partition coefficient (Wildman–Crippen LogP) is 1.25. The van der Waals surface area contributed by atoms with Crippen LogP contribution in [0, 0.1) is 5.41 Å². The summed E-state index contributed by atoms with van der Waals surface area (Å²) < 4.78 is 0. The molecule has 0 atom stereocenters. The summed E-state index contributed by atoms with van der Waals surface area (Å²) >= 11 is 0. The van der Waals surface area contributed by atoms with E-state index < -0.39 is 0 Å². The van der Waals surface area contributed by atoms with Gasteiger partial charge in [-0.1, -0.05) is 20.8 Å². The van der Waals surface area contributed by atoms with E-state index in [1.165, 1.54) is 6.42 Å². The molecule has 1 N–H and O–H groups in total. The molecule has 0 aliphatic carbocycles. The number of guanidine groups is 1. The Morgan fingerprint density at radius 3 is 2.65 bits per heavy atom. The van der Waals surface area contributed by atoms with Crippen LogP contribution in [-0.4, -0.2) is 62.6 Å². The largest absolute Gasteiger partial charge is 0.355 e. The molecule has 4 heteroatoms. The Bertz CT molecular complexity index is 260. The summed E-state index contributed by atoms with van der Waals surface area (Å²) in [5, 5.41) is 3.45. The Labute approximate surface area is 106 Å². The Morgan fingerprint density at radius 2 is 2.18 bits per heavy atom. The molecular formula is C13H28N4. The molecular weight excluding hydrogens is 212 g/mol. The first-order valence-corrected chi connectivity index (χ1v) is 6.62. The van der Waals surface area contributed by atoms with Crippen LogP contribution in [0.1, 0.15) is 27.2 Å². The molecule has 1 aliphatic heterocycles. The summed E-state index contributed by atoms with van der Waals surface area (Å²) in [6, 6.07) is 0. The Balaban J connectivity index is 2.35. The highest BCUT2D eigenvalue weighted by molar-refractivity contribution is 5.80. The Kier molecular flexibility index (Phi) is 5.25. The maximum absolute atomic E-state index is 4.37. The lowest BCUT2D eigenvalue weighted by atomic mass is 9.93. The molecule has 0 aromatic carbocycles. The number of nitrogens with zero attached hydrogens (tertiary/aromatic N) is 3. The van der Waals surface area contributed by atoms with E-state index in [2.05, 4.69) is 47.9 Å². The minimum absolute atomic E-state index is 0.428. The first kappa shape index (κ1) is 14.3. The van der Waals surface area contributed by atoms with Crippen LogP contribution in [0.3, 0.4) is 0 Å². The molecule has 1 rings (SSSR count). The van der Waals surface area contributed by atoms with Gasteiger partial charge < -0.3 is 15.1 Å². The van der Waals surface area contributed by atoms with Crippen molar-refractivity contribution in [3.63, 3.8) is 0 Å². The van der Waals surface area contributed by atoms with Gasteiger partial charge in [-0.05, 0) is 25.4 Å². The van der Waals surface area contributed by atoms with Crippen LogP contribution >= 0.6 is 0 Å². The summed E-state index contributed by atoms with van der Waals surface area (Å²) in [6.45, 7) is 12.2. The van der Waals surface area contributed by atoms with Crippen LogP contribution in [-0.2, 0) is 0 Å². The molecule has 0 radical (unpaired) electrons. The maximum Gasteiger partial charge on any atom is 0.193 e. The third-order valence-electron chi connectivity index (χ3n) is 3.51. The SMILES string of the molecule is CCN(C)CCNC(=NC)N1CCC(C)(C)C1. The van der Waals surface area contributed by atoms with Gasteiger partial charge in [0.05, 0.1) is 0 Å². The molecule has 1 fully saturated rings. The van der Waals surface area contributed by atoms with Crippen LogP contribution in [0.5, 0.6) is 0 Å². The normalized spacial score (nSPS) is 20.1. The molecule has 0 bridgehead atoms. The van der Waals surface area contributed by atoms with Gasteiger partial charge in [-0.15, -0.1) is 0 Å². The van der Waals surface area contributed by atoms with E-state index in [1.54, 1.807) is 0 Å². The van der Waals surface area contributed by atoms with Gasteiger partial charge >= 0.3 is 0 Å². The third-order valence-corrected chi connectivity index (χ3v) is 3.51. The van der Waals surface area contributed by atoms with Crippen molar-refractivity contribution in [1.29, 1.82) is 0 Å². The Hall–Kier alpha value is -0.770. The second-order valence-electron chi connectivity index (χ2n) is 5.71. The van der Waals surface area contributed by atoms with Gasteiger partial charge in [-0.25, -0.2) is 0 Å². The summed E-state index contributed by atoms with van der Waals surface area (Å²) in [7, 11) is 4.01. The molecule has 0 amide bonds. The topological polar surface area (TPSA) is 30.9 Å². The summed E-state index contributed by atoms with van der Waals surface area (Å²) in [5.41, 5.74) is 0.428. The number of likely N-dealkylation sites (N-methyl/N-ethyl adjacent to an activating group) is 1. The summed E-state index contributed by atoms with van der Waals surface area (Å²) in [5.74, 6) is 1.06. The van der Waals surface area contributed by atoms with Crippen LogP contribution in [0.4, 0.5) is 0 Å². The minimum atomic E-state index is 0.428. The Morgan fingerprint density at radius 1 is 1.47 bits per heavy atom. The zero-order chi connectivity index (χ0) is 12.9.